The summed E-state index contributed by atoms with van der Waals surface area (Å²) in [6.45, 7) is 9.52. The predicted molar refractivity (Wildman–Crippen MR) is 573 cm³/mol. The molecule has 0 aliphatic heterocycles. The number of hydrogen-bond donors (Lipinski definition) is 0. The quantitative estimate of drug-likeness (QED) is 0.102. The first-order chi connectivity index (χ1) is 69.4. The molecule has 0 amide bonds. The maximum absolute atomic E-state index is 6.53. The second-order valence-electron chi connectivity index (χ2n) is 36.9. The highest BCUT2D eigenvalue weighted by atomic mass is 16.3. The van der Waals surface area contributed by atoms with Gasteiger partial charge in [-0.2, -0.15) is 0 Å². The van der Waals surface area contributed by atoms with Crippen LogP contribution in [-0.4, -0.2) is 44.9 Å². The number of furan rings is 3. The molecular weight excluding hydrogens is 1720 g/mol. The third-order valence-electron chi connectivity index (χ3n) is 27.6. The average molecular weight is 1810 g/mol. The lowest BCUT2D eigenvalue weighted by Gasteiger charge is -2.26. The van der Waals surface area contributed by atoms with Crippen molar-refractivity contribution in [2.45, 2.75) is 38.5 Å². The molecular formula is C129H87N9O3. The Morgan fingerprint density at radius 1 is 0.163 bits per heavy atom. The normalized spacial score (nSPS) is 12.5. The highest BCUT2D eigenvalue weighted by Crippen LogP contribution is 2.60. The summed E-state index contributed by atoms with van der Waals surface area (Å²) in [5, 5.41) is 6.54. The molecule has 0 fully saturated rings. The molecule has 19 aromatic carbocycles. The van der Waals surface area contributed by atoms with Crippen LogP contribution in [0.2, 0.25) is 0 Å². The number of benzene rings is 19. The minimum atomic E-state index is -0.104. The third-order valence-corrected chi connectivity index (χ3v) is 27.6. The SMILES string of the molecule is CC1(C)c2cc(-c3ccc(-c4nc(-c5ccccc5)nc(-c5ccccc5)n4)cc3)ccc2-c2c1ccc1c2C(C)(C)c2ccccc2-1.c1ccc(-c2nc(-c3ccccc3)nc(-c3cc(-c4cccc5c4oc4ccccc45)cc(-c4cccc5c4oc4ccccc45)c3)n2)cc1.c1ccc(-c2nc(-c3ccccc3)nc(-c3ccc(-c4ccc(-c5ccccc5)c5oc6ccccc6c45)cc3)n2)cc1. The van der Waals surface area contributed by atoms with Gasteiger partial charge in [0.15, 0.2) is 52.4 Å². The van der Waals surface area contributed by atoms with Crippen molar-refractivity contribution in [3.05, 3.63) is 477 Å². The molecule has 6 heterocycles. The second kappa shape index (κ2) is 35.1. The van der Waals surface area contributed by atoms with Gasteiger partial charge in [0.05, 0.1) is 0 Å². The van der Waals surface area contributed by atoms with E-state index in [1.165, 1.54) is 55.6 Å². The maximum Gasteiger partial charge on any atom is 0.164 e. The van der Waals surface area contributed by atoms with Gasteiger partial charge in [-0.05, 0) is 132 Å². The molecule has 0 unspecified atom stereocenters. The van der Waals surface area contributed by atoms with Gasteiger partial charge < -0.3 is 13.3 Å². The van der Waals surface area contributed by atoms with E-state index in [0.29, 0.717) is 52.4 Å². The van der Waals surface area contributed by atoms with Gasteiger partial charge in [-0.15, -0.1) is 0 Å². The van der Waals surface area contributed by atoms with Gasteiger partial charge in [-0.1, -0.05) is 434 Å². The summed E-state index contributed by atoms with van der Waals surface area (Å²) < 4.78 is 19.5. The van der Waals surface area contributed by atoms with Crippen molar-refractivity contribution in [2.75, 3.05) is 0 Å². The highest BCUT2D eigenvalue weighted by molar-refractivity contribution is 6.17. The van der Waals surface area contributed by atoms with E-state index in [-0.39, 0.29) is 10.8 Å². The summed E-state index contributed by atoms with van der Waals surface area (Å²) in [6.07, 6.45) is 0. The van der Waals surface area contributed by atoms with Gasteiger partial charge in [0.2, 0.25) is 0 Å². The zero-order valence-corrected chi connectivity index (χ0v) is 77.6. The Kier molecular flexibility index (Phi) is 21.0. The molecule has 27 rings (SSSR count). The van der Waals surface area contributed by atoms with Crippen LogP contribution in [0.25, 0.3) is 246 Å². The Bertz CT molecular complexity index is 8820. The lowest BCUT2D eigenvalue weighted by molar-refractivity contribution is 0.647. The van der Waals surface area contributed by atoms with Crippen LogP contribution in [0.4, 0.5) is 0 Å². The second-order valence-corrected chi connectivity index (χ2v) is 36.9. The van der Waals surface area contributed by atoms with E-state index in [1.54, 1.807) is 0 Å². The molecule has 0 spiro atoms. The Morgan fingerprint density at radius 3 is 0.894 bits per heavy atom. The van der Waals surface area contributed by atoms with Crippen LogP contribution in [0.1, 0.15) is 49.9 Å². The van der Waals surface area contributed by atoms with Crippen LogP contribution in [0.3, 0.4) is 0 Å². The highest BCUT2D eigenvalue weighted by Gasteiger charge is 2.45. The predicted octanol–water partition coefficient (Wildman–Crippen LogP) is 33.3. The van der Waals surface area contributed by atoms with Crippen molar-refractivity contribution < 1.29 is 13.3 Å². The van der Waals surface area contributed by atoms with Gasteiger partial charge in [-0.25, -0.2) is 44.9 Å². The summed E-state index contributed by atoms with van der Waals surface area (Å²) in [4.78, 5) is 44.4. The smallest absolute Gasteiger partial charge is 0.164 e. The Balaban J connectivity index is 0.000000112. The summed E-state index contributed by atoms with van der Waals surface area (Å²) >= 11 is 0. The van der Waals surface area contributed by atoms with Crippen LogP contribution in [0.15, 0.2) is 468 Å². The molecule has 0 saturated heterocycles. The van der Waals surface area contributed by atoms with Crippen molar-refractivity contribution in [3.8, 4) is 180 Å². The molecule has 25 aromatic rings. The summed E-state index contributed by atoms with van der Waals surface area (Å²) in [5.74, 6) is 5.74. The molecule has 666 valence electrons. The standard InChI is InChI=1S/C45H27N3O2.C45H35N3.C39H25N3O/c1-3-13-28(14-4-1)43-46-44(29-15-5-2-6-16-29)48-45(47-43)32-26-30(33-19-11-21-37-35-17-7-9-23-39(35)49-41(33)37)25-31(27-32)34-20-12-22-38-36-18-8-10-24-40(36)50-42(34)38;1-44(2)37-26-25-34-33-17-11-12-18-36(33)45(3,4)40(34)39(37)35-24-23-32(27-38(35)44)28-19-21-31(22-20-28)43-47-41(29-13-7-5-8-14-29)46-42(48-43)30-15-9-6-10-16-30;1-4-12-26(13-5-1)32-25-24-31(35-33-18-10-11-19-34(33)43-36(32)35)27-20-22-30(23-21-27)39-41-37(28-14-6-2-7-15-28)40-38(42-39)29-16-8-3-9-17-29/h1-27H;5-27H,1-4H3;1-25H. The summed E-state index contributed by atoms with van der Waals surface area (Å²) in [7, 11) is 0. The van der Waals surface area contributed by atoms with Crippen molar-refractivity contribution in [2.24, 2.45) is 0 Å². The number of rotatable bonds is 14. The first kappa shape index (κ1) is 84.4. The van der Waals surface area contributed by atoms with E-state index < -0.39 is 0 Å². The van der Waals surface area contributed by atoms with Crippen molar-refractivity contribution >= 4 is 65.8 Å². The molecule has 0 saturated carbocycles. The van der Waals surface area contributed by atoms with E-state index >= 15 is 0 Å². The van der Waals surface area contributed by atoms with Crippen molar-refractivity contribution in [3.63, 3.8) is 0 Å². The molecule has 0 N–H and O–H groups in total. The van der Waals surface area contributed by atoms with Crippen LogP contribution < -0.4 is 0 Å². The fraction of sp³-hybridized carbons (Fsp3) is 0.0465. The molecule has 6 aromatic heterocycles. The molecule has 12 nitrogen and oxygen atoms in total. The molecule has 0 atom stereocenters. The molecule has 2 aliphatic carbocycles. The minimum Gasteiger partial charge on any atom is -0.455 e. The number of aromatic nitrogens is 9. The largest absolute Gasteiger partial charge is 0.455 e. The van der Waals surface area contributed by atoms with Crippen molar-refractivity contribution in [1.82, 2.24) is 44.9 Å². The van der Waals surface area contributed by atoms with Gasteiger partial charge in [-0.3, -0.25) is 0 Å². The average Bonchev–Trinajstić information content (AvgIpc) is 1.53. The fourth-order valence-electron chi connectivity index (χ4n) is 20.6. The molecule has 0 bridgehead atoms. The number of fused-ring (bicyclic) bond motifs is 16. The lowest BCUT2D eigenvalue weighted by atomic mass is 9.77. The lowest BCUT2D eigenvalue weighted by Crippen LogP contribution is -2.18. The molecule has 141 heavy (non-hydrogen) atoms. The van der Waals surface area contributed by atoms with Crippen LogP contribution in [0.5, 0.6) is 0 Å². The molecule has 12 heteroatoms. The number of hydrogen-bond acceptors (Lipinski definition) is 12. The van der Waals surface area contributed by atoms with E-state index in [1.807, 2.05) is 237 Å². The number of para-hydroxylation sites is 5. The van der Waals surface area contributed by atoms with Gasteiger partial charge >= 0.3 is 0 Å². The fourth-order valence-corrected chi connectivity index (χ4v) is 20.6. The molecule has 2 aliphatic rings. The zero-order chi connectivity index (χ0) is 94.2. The summed E-state index contributed by atoms with van der Waals surface area (Å²) in [5.41, 5.74) is 35.4. The van der Waals surface area contributed by atoms with E-state index in [9.17, 15) is 0 Å². The Labute approximate surface area is 814 Å². The van der Waals surface area contributed by atoms with Gasteiger partial charge in [0.1, 0.15) is 33.5 Å². The third kappa shape index (κ3) is 15.4. The summed E-state index contributed by atoms with van der Waals surface area (Å²) in [6, 6.07) is 157. The molecule has 0 radical (unpaired) electrons. The Morgan fingerprint density at radius 2 is 0.454 bits per heavy atom. The van der Waals surface area contributed by atoms with Crippen LogP contribution in [0, 0.1) is 0 Å². The van der Waals surface area contributed by atoms with Crippen LogP contribution >= 0.6 is 0 Å². The van der Waals surface area contributed by atoms with Crippen LogP contribution in [-0.2, 0) is 10.8 Å². The Hall–Kier alpha value is -18.4. The first-order valence-corrected chi connectivity index (χ1v) is 47.6. The zero-order valence-electron chi connectivity index (χ0n) is 77.6. The maximum atomic E-state index is 6.53. The van der Waals surface area contributed by atoms with E-state index in [0.717, 1.165) is 160 Å². The number of nitrogens with zero attached hydrogens (tertiary/aromatic N) is 9. The van der Waals surface area contributed by atoms with Gasteiger partial charge in [0.25, 0.3) is 0 Å². The minimum absolute atomic E-state index is 0.0563. The van der Waals surface area contributed by atoms with E-state index in [4.69, 9.17) is 58.1 Å². The van der Waals surface area contributed by atoms with E-state index in [2.05, 4.69) is 246 Å². The monoisotopic (exact) mass is 1810 g/mol. The first-order valence-electron chi connectivity index (χ1n) is 47.6. The topological polar surface area (TPSA) is 155 Å². The van der Waals surface area contributed by atoms with Gasteiger partial charge in [0, 0.05) is 110 Å². The van der Waals surface area contributed by atoms with Crippen molar-refractivity contribution in [1.29, 1.82) is 0 Å².